The summed E-state index contributed by atoms with van der Waals surface area (Å²) >= 11 is 2.29. The van der Waals surface area contributed by atoms with Gasteiger partial charge in [-0.05, 0) is 12.0 Å². The molecule has 0 amide bonds. The standard InChI is InChI=1S/C19H28INO2/c1-4-6-10-13-19(20,18(22)23-3)16-21(14-5-2)15-17-11-8-7-9-12-17/h5,7-9,11-12H,2,4,6,10,13-16H2,1,3H3. The molecule has 1 aromatic rings. The van der Waals surface area contributed by atoms with Crippen molar-refractivity contribution in [1.29, 1.82) is 0 Å². The Hall–Kier alpha value is -0.880. The second-order valence-electron chi connectivity index (χ2n) is 5.86. The van der Waals surface area contributed by atoms with E-state index in [9.17, 15) is 4.79 Å². The monoisotopic (exact) mass is 429 g/mol. The van der Waals surface area contributed by atoms with Crippen LogP contribution in [0.3, 0.4) is 0 Å². The number of carbonyl (C=O) groups is 1. The molecule has 0 heterocycles. The average molecular weight is 429 g/mol. The van der Waals surface area contributed by atoms with Gasteiger partial charge < -0.3 is 4.74 Å². The van der Waals surface area contributed by atoms with Gasteiger partial charge in [0.25, 0.3) is 0 Å². The molecule has 1 rings (SSSR count). The lowest BCUT2D eigenvalue weighted by molar-refractivity contribution is -0.143. The first kappa shape index (κ1) is 20.2. The molecular weight excluding hydrogens is 401 g/mol. The van der Waals surface area contributed by atoms with Gasteiger partial charge in [0, 0.05) is 19.6 Å². The summed E-state index contributed by atoms with van der Waals surface area (Å²) < 4.78 is 4.58. The summed E-state index contributed by atoms with van der Waals surface area (Å²) in [6.07, 6.45) is 6.07. The zero-order valence-electron chi connectivity index (χ0n) is 14.3. The van der Waals surface area contributed by atoms with E-state index in [1.807, 2.05) is 24.3 Å². The van der Waals surface area contributed by atoms with E-state index in [-0.39, 0.29) is 5.97 Å². The minimum absolute atomic E-state index is 0.128. The van der Waals surface area contributed by atoms with Crippen LogP contribution in [0.5, 0.6) is 0 Å². The second kappa shape index (κ2) is 10.8. The molecule has 1 unspecified atom stereocenters. The number of hydrogen-bond donors (Lipinski definition) is 0. The highest BCUT2D eigenvalue weighted by Crippen LogP contribution is 2.29. The zero-order chi connectivity index (χ0) is 17.1. The fraction of sp³-hybridized carbons (Fsp3) is 0.526. The predicted molar refractivity (Wildman–Crippen MR) is 105 cm³/mol. The van der Waals surface area contributed by atoms with Crippen LogP contribution in [0.1, 0.15) is 38.2 Å². The maximum absolute atomic E-state index is 12.3. The number of unbranched alkanes of at least 4 members (excludes halogenated alkanes) is 2. The Morgan fingerprint density at radius 3 is 2.61 bits per heavy atom. The number of carbonyl (C=O) groups excluding carboxylic acids is 1. The highest BCUT2D eigenvalue weighted by molar-refractivity contribution is 14.1. The largest absolute Gasteiger partial charge is 0.468 e. The van der Waals surface area contributed by atoms with Crippen LogP contribution in [0.15, 0.2) is 43.0 Å². The smallest absolute Gasteiger partial charge is 0.323 e. The molecule has 0 bridgehead atoms. The quantitative estimate of drug-likeness (QED) is 0.169. The van der Waals surface area contributed by atoms with E-state index in [0.29, 0.717) is 6.54 Å². The van der Waals surface area contributed by atoms with Crippen molar-refractivity contribution in [3.8, 4) is 0 Å². The minimum atomic E-state index is -0.501. The maximum Gasteiger partial charge on any atom is 0.323 e. The minimum Gasteiger partial charge on any atom is -0.468 e. The van der Waals surface area contributed by atoms with E-state index in [1.165, 1.54) is 12.7 Å². The van der Waals surface area contributed by atoms with E-state index >= 15 is 0 Å². The van der Waals surface area contributed by atoms with Gasteiger partial charge in [0.15, 0.2) is 0 Å². The Labute approximate surface area is 154 Å². The summed E-state index contributed by atoms with van der Waals surface area (Å²) in [7, 11) is 1.48. The van der Waals surface area contributed by atoms with Crippen molar-refractivity contribution in [2.45, 2.75) is 42.6 Å². The fourth-order valence-corrected chi connectivity index (χ4v) is 3.73. The molecule has 0 aromatic heterocycles. The van der Waals surface area contributed by atoms with Crippen LogP contribution in [-0.4, -0.2) is 34.5 Å². The van der Waals surface area contributed by atoms with Crippen LogP contribution in [-0.2, 0) is 16.1 Å². The Balaban J connectivity index is 2.81. The van der Waals surface area contributed by atoms with Crippen LogP contribution in [0.25, 0.3) is 0 Å². The number of hydrogen-bond acceptors (Lipinski definition) is 3. The molecule has 128 valence electrons. The lowest BCUT2D eigenvalue weighted by Gasteiger charge is -2.31. The molecule has 0 saturated carbocycles. The molecule has 3 nitrogen and oxygen atoms in total. The van der Waals surface area contributed by atoms with E-state index in [2.05, 4.69) is 53.1 Å². The van der Waals surface area contributed by atoms with Gasteiger partial charge in [-0.3, -0.25) is 9.69 Å². The SMILES string of the molecule is C=CCN(Cc1ccccc1)CC(I)(CCCCC)C(=O)OC. The first-order valence-corrected chi connectivity index (χ1v) is 9.28. The van der Waals surface area contributed by atoms with Gasteiger partial charge in [-0.1, -0.05) is 85.2 Å². The second-order valence-corrected chi connectivity index (χ2v) is 7.92. The Kier molecular flexibility index (Phi) is 9.48. The van der Waals surface area contributed by atoms with Crippen LogP contribution in [0.2, 0.25) is 0 Å². The average Bonchev–Trinajstić information content (AvgIpc) is 2.55. The fourth-order valence-electron chi connectivity index (χ4n) is 2.65. The van der Waals surface area contributed by atoms with E-state index in [4.69, 9.17) is 4.74 Å². The van der Waals surface area contributed by atoms with Crippen molar-refractivity contribution in [3.05, 3.63) is 48.6 Å². The third-order valence-corrected chi connectivity index (χ3v) is 5.16. The predicted octanol–water partition coefficient (Wildman–Crippen LogP) is 4.60. The number of rotatable bonds is 11. The molecule has 4 heteroatoms. The molecule has 0 spiro atoms. The molecule has 0 aliphatic heterocycles. The first-order chi connectivity index (χ1) is 11.1. The van der Waals surface area contributed by atoms with Crippen LogP contribution >= 0.6 is 22.6 Å². The lowest BCUT2D eigenvalue weighted by Crippen LogP contribution is -2.45. The van der Waals surface area contributed by atoms with Crippen LogP contribution in [0, 0.1) is 0 Å². The van der Waals surface area contributed by atoms with Crippen molar-refractivity contribution >= 4 is 28.6 Å². The number of nitrogens with zero attached hydrogens (tertiary/aromatic N) is 1. The summed E-state index contributed by atoms with van der Waals surface area (Å²) in [5, 5.41) is 0. The number of alkyl halides is 1. The van der Waals surface area contributed by atoms with Crippen molar-refractivity contribution in [1.82, 2.24) is 4.90 Å². The van der Waals surface area contributed by atoms with Crippen molar-refractivity contribution in [3.63, 3.8) is 0 Å². The van der Waals surface area contributed by atoms with E-state index in [0.717, 1.165) is 38.8 Å². The normalized spacial score (nSPS) is 13.6. The molecule has 0 radical (unpaired) electrons. The highest BCUT2D eigenvalue weighted by Gasteiger charge is 2.37. The Bertz CT molecular complexity index is 478. The summed E-state index contributed by atoms with van der Waals surface area (Å²) in [4.78, 5) is 14.6. The number of methoxy groups -OCH3 is 1. The van der Waals surface area contributed by atoms with Crippen LogP contribution in [0.4, 0.5) is 0 Å². The Morgan fingerprint density at radius 2 is 2.04 bits per heavy atom. The van der Waals surface area contributed by atoms with Crippen LogP contribution < -0.4 is 0 Å². The summed E-state index contributed by atoms with van der Waals surface area (Å²) in [5.41, 5.74) is 1.24. The van der Waals surface area contributed by atoms with Crippen molar-refractivity contribution in [2.75, 3.05) is 20.2 Å². The number of esters is 1. The summed E-state index contributed by atoms with van der Waals surface area (Å²) in [5.74, 6) is -0.128. The first-order valence-electron chi connectivity index (χ1n) is 8.20. The maximum atomic E-state index is 12.3. The lowest BCUT2D eigenvalue weighted by atomic mass is 10.00. The van der Waals surface area contributed by atoms with Gasteiger partial charge in [0.1, 0.15) is 3.42 Å². The molecule has 0 aliphatic rings. The van der Waals surface area contributed by atoms with Gasteiger partial charge in [-0.25, -0.2) is 0 Å². The Morgan fingerprint density at radius 1 is 1.35 bits per heavy atom. The van der Waals surface area contributed by atoms with Gasteiger partial charge in [-0.2, -0.15) is 0 Å². The van der Waals surface area contributed by atoms with Crippen molar-refractivity contribution in [2.24, 2.45) is 0 Å². The third-order valence-electron chi connectivity index (χ3n) is 3.84. The molecule has 23 heavy (non-hydrogen) atoms. The molecule has 0 aliphatic carbocycles. The van der Waals surface area contributed by atoms with Gasteiger partial charge in [0.05, 0.1) is 7.11 Å². The highest BCUT2D eigenvalue weighted by atomic mass is 127. The van der Waals surface area contributed by atoms with Gasteiger partial charge in [-0.15, -0.1) is 6.58 Å². The topological polar surface area (TPSA) is 29.5 Å². The number of benzene rings is 1. The van der Waals surface area contributed by atoms with E-state index in [1.54, 1.807) is 0 Å². The molecule has 1 atom stereocenters. The summed E-state index contributed by atoms with van der Waals surface area (Å²) in [6.45, 7) is 8.26. The zero-order valence-corrected chi connectivity index (χ0v) is 16.4. The third kappa shape index (κ3) is 7.04. The molecule has 0 fully saturated rings. The van der Waals surface area contributed by atoms with E-state index < -0.39 is 3.42 Å². The van der Waals surface area contributed by atoms with Gasteiger partial charge >= 0.3 is 5.97 Å². The van der Waals surface area contributed by atoms with Crippen molar-refractivity contribution < 1.29 is 9.53 Å². The summed E-state index contributed by atoms with van der Waals surface area (Å²) in [6, 6.07) is 10.3. The number of ether oxygens (including phenoxy) is 1. The molecule has 1 aromatic carbocycles. The number of halogens is 1. The molecule has 0 saturated heterocycles. The van der Waals surface area contributed by atoms with Gasteiger partial charge in [0.2, 0.25) is 0 Å². The molecular formula is C19H28INO2. The molecule has 0 N–H and O–H groups in total.